The molecule has 4 nitrogen and oxygen atoms in total. The topological polar surface area (TPSA) is 47.9 Å². The summed E-state index contributed by atoms with van der Waals surface area (Å²) in [6.45, 7) is 15.7. The number of aliphatic hydroxyl groups excluding tert-OH is 1. The first kappa shape index (κ1) is 21.4. The number of aliphatic hydroxyl groups is 1. The van der Waals surface area contributed by atoms with Gasteiger partial charge in [-0.1, -0.05) is 41.5 Å². The lowest BCUT2D eigenvalue weighted by Crippen LogP contribution is -2.54. The maximum absolute atomic E-state index is 7.05. The number of ether oxygens (including phenoxy) is 3. The predicted octanol–water partition coefficient (Wildman–Crippen LogP) is 3.52. The fraction of sp³-hybridized carbons (Fsp3) is 1.00. The van der Waals surface area contributed by atoms with Gasteiger partial charge in [-0.25, -0.2) is 12.5 Å². The van der Waals surface area contributed by atoms with Crippen LogP contribution in [-0.4, -0.2) is 51.4 Å². The van der Waals surface area contributed by atoms with Crippen LogP contribution in [0.3, 0.4) is 0 Å². The van der Waals surface area contributed by atoms with Crippen molar-refractivity contribution in [1.82, 2.24) is 0 Å². The van der Waals surface area contributed by atoms with Crippen molar-refractivity contribution in [3.63, 3.8) is 0 Å². The molecule has 154 valence electrons. The second-order valence-electron chi connectivity index (χ2n) is 8.04. The van der Waals surface area contributed by atoms with Gasteiger partial charge in [0.2, 0.25) is 7.67 Å². The van der Waals surface area contributed by atoms with Gasteiger partial charge >= 0.3 is 0 Å². The number of hydrogen-bond donors (Lipinski definition) is 2. The van der Waals surface area contributed by atoms with Crippen LogP contribution < -0.4 is 0 Å². The van der Waals surface area contributed by atoms with E-state index in [9.17, 15) is 0 Å². The number of hydrogen-bond acceptors (Lipinski definition) is 5. The third-order valence-corrected chi connectivity index (χ3v) is 6.59. The van der Waals surface area contributed by atoms with Crippen molar-refractivity contribution in [3.05, 3.63) is 0 Å². The lowest BCUT2D eigenvalue weighted by Gasteiger charge is -2.48. The zero-order chi connectivity index (χ0) is 21.6. The minimum absolute atomic E-state index is 0.0551. The molecular formula is C19H40BO4PS. The quantitative estimate of drug-likeness (QED) is 0.415. The van der Waals surface area contributed by atoms with Crippen molar-refractivity contribution >= 4 is 27.8 Å². The molecule has 0 bridgehead atoms. The molecule has 0 spiro atoms. The van der Waals surface area contributed by atoms with Gasteiger partial charge in [0.15, 0.2) is 6.29 Å². The summed E-state index contributed by atoms with van der Waals surface area (Å²) < 4.78 is 32.3. The van der Waals surface area contributed by atoms with Gasteiger partial charge in [0, 0.05) is 17.8 Å². The monoisotopic (exact) mass is 409 g/mol. The predicted molar refractivity (Wildman–Crippen MR) is 117 cm³/mol. The molecule has 0 radical (unpaired) electrons. The molecule has 0 aromatic carbocycles. The normalized spacial score (nSPS) is 47.3. The van der Waals surface area contributed by atoms with Gasteiger partial charge in [-0.2, -0.15) is 9.12 Å². The number of rotatable bonds is 5. The molecule has 2 rings (SSSR count). The summed E-state index contributed by atoms with van der Waals surface area (Å²) in [6, 6.07) is 0. The van der Waals surface area contributed by atoms with E-state index in [1.54, 1.807) is 0 Å². The molecule has 7 heteroatoms. The van der Waals surface area contributed by atoms with Crippen molar-refractivity contribution in [3.8, 4) is 0 Å². The van der Waals surface area contributed by atoms with Gasteiger partial charge in [-0.15, -0.1) is 0 Å². The third kappa shape index (κ3) is 5.84. The second-order valence-corrected chi connectivity index (χ2v) is 9.24. The van der Waals surface area contributed by atoms with E-state index >= 15 is 0 Å². The third-order valence-electron chi connectivity index (χ3n) is 6.59. The molecule has 11 atom stereocenters. The summed E-state index contributed by atoms with van der Waals surface area (Å²) in [5, 5.41) is 4.60. The van der Waals surface area contributed by atoms with Gasteiger partial charge in [-0.3, -0.25) is 0 Å². The van der Waals surface area contributed by atoms with E-state index in [0.717, 1.165) is 6.42 Å². The first-order valence-electron chi connectivity index (χ1n) is 10.9. The molecule has 26 heavy (non-hydrogen) atoms. The Kier molecular flexibility index (Phi) is 9.57. The van der Waals surface area contributed by atoms with E-state index in [1.165, 1.54) is 0 Å². The smallest absolute Gasteiger partial charge is 0.210 e. The van der Waals surface area contributed by atoms with E-state index in [4.69, 9.17) is 17.0 Å². The van der Waals surface area contributed by atoms with Crippen LogP contribution in [0.4, 0.5) is 0 Å². The highest BCUT2D eigenvalue weighted by Gasteiger charge is 2.45. The lowest BCUT2D eigenvalue weighted by atomic mass is 9.78. The van der Waals surface area contributed by atoms with Crippen LogP contribution in [0.25, 0.3) is 0 Å². The molecule has 0 amide bonds. The molecular weight excluding hydrogens is 366 g/mol. The highest BCUT2D eigenvalue weighted by atomic mass is 32.1. The summed E-state index contributed by atoms with van der Waals surface area (Å²) in [4.78, 5) is 0. The van der Waals surface area contributed by atoms with E-state index in [-0.39, 0.29) is 55.4 Å². The summed E-state index contributed by atoms with van der Waals surface area (Å²) >= 11 is 3.60. The minimum atomic E-state index is -0.306. The molecule has 1 N–H and O–H groups in total. The Balaban J connectivity index is 0.000000892. The molecule has 0 saturated carbocycles. The summed E-state index contributed by atoms with van der Waals surface area (Å²) in [7, 11) is 2.19. The average Bonchev–Trinajstić information content (AvgIpc) is 2.62. The molecule has 0 aromatic rings. The van der Waals surface area contributed by atoms with Crippen molar-refractivity contribution in [2.24, 2.45) is 29.6 Å². The van der Waals surface area contributed by atoms with Gasteiger partial charge in [-0.05, 0) is 26.5 Å². The minimum Gasteiger partial charge on any atom is -0.394 e. The van der Waals surface area contributed by atoms with Gasteiger partial charge in [0.05, 0.1) is 31.0 Å². The van der Waals surface area contributed by atoms with E-state index in [1.807, 2.05) is 0 Å². The largest absolute Gasteiger partial charge is 0.394 e. The van der Waals surface area contributed by atoms with Crippen LogP contribution in [-0.2, 0) is 14.2 Å². The van der Waals surface area contributed by atoms with Crippen LogP contribution in [0.15, 0.2) is 0 Å². The molecule has 2 saturated heterocycles. The molecule has 2 aliphatic rings. The SMILES string of the molecule is [2H]B(P)S.[3H]OCC1OC(C)C(C)C(OC2OC(CC)C(C)C(C)C2C)C1C. The summed E-state index contributed by atoms with van der Waals surface area (Å²) in [5.74, 6) is 1.95. The van der Waals surface area contributed by atoms with Crippen LogP contribution in [0.2, 0.25) is 0 Å². The maximum Gasteiger partial charge on any atom is 0.210 e. The Morgan fingerprint density at radius 2 is 1.69 bits per heavy atom. The van der Waals surface area contributed by atoms with E-state index < -0.39 is 0 Å². The van der Waals surface area contributed by atoms with Crippen molar-refractivity contribution in [1.29, 1.82) is 2.77 Å². The zero-order valence-corrected chi connectivity index (χ0v) is 19.5. The summed E-state index contributed by atoms with van der Waals surface area (Å²) in [5.41, 5.74) is 0. The van der Waals surface area contributed by atoms with Crippen LogP contribution in [0, 0.1) is 29.6 Å². The highest BCUT2D eigenvalue weighted by molar-refractivity contribution is 8.20. The average molecular weight is 409 g/mol. The van der Waals surface area contributed by atoms with Crippen LogP contribution in [0.5, 0.6) is 0 Å². The van der Waals surface area contributed by atoms with Gasteiger partial charge in [0.25, 0.3) is 0 Å². The number of thiol groups is 1. The maximum atomic E-state index is 7.05. The lowest BCUT2D eigenvalue weighted by molar-refractivity contribution is -0.297. The van der Waals surface area contributed by atoms with Crippen LogP contribution >= 0.6 is 21.6 Å². The Hall–Kier alpha value is 0.685. The Bertz CT molecular complexity index is 449. The Morgan fingerprint density at radius 3 is 2.23 bits per heavy atom. The zero-order valence-electron chi connectivity index (χ0n) is 19.4. The van der Waals surface area contributed by atoms with Crippen LogP contribution in [0.1, 0.15) is 54.9 Å². The molecule has 0 aliphatic carbocycles. The fourth-order valence-corrected chi connectivity index (χ4v) is 4.18. The molecule has 2 aliphatic heterocycles. The molecule has 0 aromatic heterocycles. The first-order chi connectivity index (χ1) is 13.0. The molecule has 2 fully saturated rings. The second kappa shape index (κ2) is 11.6. The Labute approximate surface area is 172 Å². The van der Waals surface area contributed by atoms with Crippen molar-refractivity contribution in [2.75, 3.05) is 6.61 Å². The standard InChI is InChI=1S/C19H36O4.BH4PS/c1-8-16-11(3)10(2)12(4)19(22-16)23-18-13(5)15(7)21-17(9-20)14(18)6;2-1-3/h10-20H,8-9H2,1-7H3;1,3H,2H2/i20T;1D. The van der Waals surface area contributed by atoms with Gasteiger partial charge in [0.1, 0.15) is 0 Å². The fourth-order valence-electron chi connectivity index (χ4n) is 4.18. The molecule has 11 unspecified atom stereocenters. The van der Waals surface area contributed by atoms with E-state index in [0.29, 0.717) is 17.8 Å². The first-order valence-corrected chi connectivity index (χ1v) is 11.1. The van der Waals surface area contributed by atoms with Gasteiger partial charge < -0.3 is 19.3 Å². The summed E-state index contributed by atoms with van der Waals surface area (Å²) in [6.07, 6.45) is 0.845. The molecule has 2 heterocycles. The van der Waals surface area contributed by atoms with Crippen molar-refractivity contribution in [2.45, 2.75) is 85.6 Å². The highest BCUT2D eigenvalue weighted by Crippen LogP contribution is 2.40. The van der Waals surface area contributed by atoms with Crippen molar-refractivity contribution < 1.29 is 19.3 Å². The van der Waals surface area contributed by atoms with E-state index in [2.05, 4.69) is 75.2 Å². The Morgan fingerprint density at radius 1 is 1.08 bits per heavy atom.